The fourth-order valence-corrected chi connectivity index (χ4v) is 7.49. The molecule has 0 amide bonds. The average Bonchev–Trinajstić information content (AvgIpc) is 3.67. The van der Waals surface area contributed by atoms with Gasteiger partial charge in [-0.1, -0.05) is 41.2 Å². The zero-order valence-electron chi connectivity index (χ0n) is 48.9. The molecule has 0 radical (unpaired) electrons. The minimum Gasteiger partial charge on any atom is -0.395 e. The van der Waals surface area contributed by atoms with Crippen LogP contribution in [0.1, 0.15) is 169 Å². The number of rotatable bonds is 15. The van der Waals surface area contributed by atoms with Crippen LogP contribution in [-0.4, -0.2) is 223 Å². The Labute approximate surface area is 436 Å². The van der Waals surface area contributed by atoms with E-state index in [0.717, 1.165) is 70.9 Å². The zero-order chi connectivity index (χ0) is 52.9. The van der Waals surface area contributed by atoms with Gasteiger partial charge in [0.2, 0.25) is 0 Å². The van der Waals surface area contributed by atoms with Gasteiger partial charge < -0.3 is 45.4 Å². The third-order valence-corrected chi connectivity index (χ3v) is 13.0. The molecule has 5 aliphatic rings. The Morgan fingerprint density at radius 3 is 1.49 bits per heavy atom. The second-order valence-electron chi connectivity index (χ2n) is 22.1. The first-order valence-electron chi connectivity index (χ1n) is 27.7. The molecule has 2 atom stereocenters. The summed E-state index contributed by atoms with van der Waals surface area (Å²) in [7, 11) is 6.29. The number of nitrogens with zero attached hydrogens (tertiary/aromatic N) is 7. The van der Waals surface area contributed by atoms with Crippen LogP contribution in [0.4, 0.5) is 0 Å². The summed E-state index contributed by atoms with van der Waals surface area (Å²) in [6, 6.07) is 12.5. The molecule has 5 heterocycles. The fraction of sp³-hybridized carbons (Fsp3) is 0.912. The molecule has 1 aliphatic carbocycles. The van der Waals surface area contributed by atoms with E-state index in [0.29, 0.717) is 61.5 Å². The lowest BCUT2D eigenvalue weighted by molar-refractivity contribution is 0.0238. The Morgan fingerprint density at radius 1 is 0.657 bits per heavy atom. The van der Waals surface area contributed by atoms with Crippen LogP contribution >= 0.6 is 0 Å². The molecule has 5 N–H and O–H groups in total. The molecule has 420 valence electrons. The van der Waals surface area contributed by atoms with E-state index in [-0.39, 0.29) is 20.1 Å². The van der Waals surface area contributed by atoms with Gasteiger partial charge in [0.25, 0.3) is 0 Å². The Morgan fingerprint density at radius 2 is 1.20 bits per heavy atom. The van der Waals surface area contributed by atoms with Crippen LogP contribution in [0.5, 0.6) is 0 Å². The van der Waals surface area contributed by atoms with Gasteiger partial charge in [-0.05, 0) is 181 Å². The number of aliphatic hydroxyl groups excluding tert-OH is 3. The number of aliphatic hydroxyl groups is 3. The average molecular weight is 999 g/mol. The van der Waals surface area contributed by atoms with Crippen molar-refractivity contribution in [2.75, 3.05) is 106 Å². The van der Waals surface area contributed by atoms with Crippen LogP contribution in [0.3, 0.4) is 0 Å². The van der Waals surface area contributed by atoms with Crippen LogP contribution in [-0.2, 0) is 11.2 Å². The maximum atomic E-state index is 9.11. The number of hydrogen-bond acceptors (Lipinski definition) is 13. The van der Waals surface area contributed by atoms with Crippen molar-refractivity contribution in [3.63, 3.8) is 0 Å². The third kappa shape index (κ3) is 42.1. The Hall–Kier alpha value is -1.33. The first kappa shape index (κ1) is 72.9. The van der Waals surface area contributed by atoms with Crippen LogP contribution < -0.4 is 10.6 Å². The Bertz CT molecular complexity index is 1210. The largest absolute Gasteiger partial charge is 0.395 e. The topological polar surface area (TPSA) is 126 Å². The number of pyridine rings is 1. The highest BCUT2D eigenvalue weighted by molar-refractivity contribution is 5.03. The molecule has 1 saturated carbocycles. The molecule has 0 aromatic carbocycles. The lowest BCUT2D eigenvalue weighted by Gasteiger charge is -2.29. The van der Waals surface area contributed by atoms with Crippen LogP contribution in [0.2, 0.25) is 0 Å². The first-order valence-corrected chi connectivity index (χ1v) is 27.7. The molecule has 2 unspecified atom stereocenters. The Balaban J connectivity index is -0.000000739. The second-order valence-corrected chi connectivity index (χ2v) is 22.1. The molecule has 0 spiro atoms. The van der Waals surface area contributed by atoms with Crippen molar-refractivity contribution < 1.29 is 20.1 Å². The molecule has 1 aromatic rings. The van der Waals surface area contributed by atoms with Crippen molar-refractivity contribution in [1.29, 1.82) is 0 Å². The van der Waals surface area contributed by atoms with Crippen molar-refractivity contribution in [3.05, 3.63) is 30.1 Å². The van der Waals surface area contributed by atoms with Crippen molar-refractivity contribution in [2.45, 2.75) is 236 Å². The molecular formula is C57H123N9O4. The third-order valence-electron chi connectivity index (χ3n) is 13.0. The highest BCUT2D eigenvalue weighted by atomic mass is 16.5. The molecule has 13 nitrogen and oxygen atoms in total. The summed E-state index contributed by atoms with van der Waals surface area (Å²) in [4.78, 5) is 18.4. The van der Waals surface area contributed by atoms with E-state index in [4.69, 9.17) is 20.1 Å². The summed E-state index contributed by atoms with van der Waals surface area (Å²) < 4.78 is 5.21. The summed E-state index contributed by atoms with van der Waals surface area (Å²) in [5.41, 5.74) is 1.18. The van der Waals surface area contributed by atoms with E-state index in [1.165, 1.54) is 63.9 Å². The zero-order valence-corrected chi connectivity index (χ0v) is 48.9. The first-order chi connectivity index (χ1) is 32.5. The minimum atomic E-state index is -0.0626. The maximum absolute atomic E-state index is 9.11. The standard InChI is InChI=1S/C11H18N2.C8H17NO.2C7H15NO.C7H15N.C6H13N.C5H13NO.C5H13N.CH4/c1-10(2)13(3)9-7-11-6-4-5-8-12-11;1-7(2)9-5-3-4-8(9)6-10;1-7(2)8-3-5-9-6-4-8;1-6(2)8-4-3-7(9)5-8;1-7(2)8-5-3-4-6-8;1-5(2)7-6-3-4-6;1-5(2)6-3-4-7;1-5(2)6(3)4;/h4-6,8,10H,7,9H2,1-3H3;7-8,10H,3-6H2,1-2H3;7H,3-6H2,1-2H3;6-7,9H,3-5H2,1-2H3;7H,3-6H2,1-2H3;2*5-7H,3-4H2,1-2H3;5H,1-4H3;1H4. The fourth-order valence-electron chi connectivity index (χ4n) is 7.49. The quantitative estimate of drug-likeness (QED) is 0.116. The smallest absolute Gasteiger partial charge is 0.0679 e. The van der Waals surface area contributed by atoms with E-state index in [9.17, 15) is 0 Å². The van der Waals surface area contributed by atoms with E-state index in [2.05, 4.69) is 183 Å². The Kier molecular flexibility index (Phi) is 47.0. The van der Waals surface area contributed by atoms with Gasteiger partial charge in [0.15, 0.2) is 0 Å². The molecule has 13 heteroatoms. The van der Waals surface area contributed by atoms with Gasteiger partial charge in [0, 0.05) is 118 Å². The molecule has 0 bridgehead atoms. The number of morpholine rings is 1. The number of hydrogen-bond donors (Lipinski definition) is 5. The van der Waals surface area contributed by atoms with Gasteiger partial charge in [-0.15, -0.1) is 0 Å². The number of β-amino-alcohol motifs (C(OH)–C–C–N with tert-alkyl or cyclic N) is 1. The predicted octanol–water partition coefficient (Wildman–Crippen LogP) is 8.21. The van der Waals surface area contributed by atoms with Crippen LogP contribution in [0, 0.1) is 0 Å². The van der Waals surface area contributed by atoms with Gasteiger partial charge in [-0.2, -0.15) is 0 Å². The SMILES string of the molecule is C.CC(C)N(C)C.CC(C)N(C)CCc1ccccn1.CC(C)N1CCC(O)C1.CC(C)N1CCCC1.CC(C)N1CCCC1CO.CC(C)N1CCOCC1.CC(C)NC1CC1.CC(C)NCCO. The van der Waals surface area contributed by atoms with Crippen molar-refractivity contribution in [1.82, 2.24) is 45.0 Å². The highest BCUT2D eigenvalue weighted by Gasteiger charge is 2.25. The van der Waals surface area contributed by atoms with Crippen molar-refractivity contribution in [3.8, 4) is 0 Å². The second kappa shape index (κ2) is 45.1. The lowest BCUT2D eigenvalue weighted by Crippen LogP contribution is -2.40. The van der Waals surface area contributed by atoms with E-state index in [1.54, 1.807) is 0 Å². The van der Waals surface area contributed by atoms with Gasteiger partial charge in [-0.3, -0.25) is 19.7 Å². The van der Waals surface area contributed by atoms with Gasteiger partial charge in [-0.25, -0.2) is 0 Å². The summed E-state index contributed by atoms with van der Waals surface area (Å²) in [5.74, 6) is 0. The number of likely N-dealkylation sites (tertiary alicyclic amines) is 3. The van der Waals surface area contributed by atoms with Gasteiger partial charge in [0.1, 0.15) is 0 Å². The number of likely N-dealkylation sites (N-methyl/N-ethyl adjacent to an activating group) is 1. The number of nitrogens with one attached hydrogen (secondary N) is 2. The number of aromatic nitrogens is 1. The van der Waals surface area contributed by atoms with Crippen molar-refractivity contribution >= 4 is 0 Å². The summed E-state index contributed by atoms with van der Waals surface area (Å²) in [6.07, 6.45) is 11.8. The van der Waals surface area contributed by atoms with Gasteiger partial charge >= 0.3 is 0 Å². The summed E-state index contributed by atoms with van der Waals surface area (Å²) in [5, 5.41) is 32.8. The van der Waals surface area contributed by atoms with Crippen molar-refractivity contribution in [2.24, 2.45) is 0 Å². The summed E-state index contributed by atoms with van der Waals surface area (Å²) >= 11 is 0. The molecule has 1 aromatic heterocycles. The molecule has 4 saturated heterocycles. The molecule has 6 rings (SSSR count). The van der Waals surface area contributed by atoms with Crippen LogP contribution in [0.15, 0.2) is 24.4 Å². The minimum absolute atomic E-state index is 0. The monoisotopic (exact) mass is 998 g/mol. The maximum Gasteiger partial charge on any atom is 0.0679 e. The molecular weight excluding hydrogens is 875 g/mol. The summed E-state index contributed by atoms with van der Waals surface area (Å²) in [6.45, 7) is 47.1. The normalized spacial score (nSPS) is 19.6. The van der Waals surface area contributed by atoms with E-state index >= 15 is 0 Å². The molecule has 70 heavy (non-hydrogen) atoms. The predicted molar refractivity (Wildman–Crippen MR) is 306 cm³/mol. The number of ether oxygens (including phenoxy) is 1. The van der Waals surface area contributed by atoms with E-state index < -0.39 is 0 Å². The van der Waals surface area contributed by atoms with Crippen LogP contribution in [0.25, 0.3) is 0 Å². The van der Waals surface area contributed by atoms with Gasteiger partial charge in [0.05, 0.1) is 32.5 Å². The molecule has 4 aliphatic heterocycles. The molecule has 5 fully saturated rings. The highest BCUT2D eigenvalue weighted by Crippen LogP contribution is 2.19. The lowest BCUT2D eigenvalue weighted by atomic mass is 10.2. The van der Waals surface area contributed by atoms with E-state index in [1.807, 2.05) is 18.3 Å².